The number of methoxy groups -OCH3 is 1. The highest BCUT2D eigenvalue weighted by molar-refractivity contribution is 5.95. The van der Waals surface area contributed by atoms with Crippen LogP contribution in [0.15, 0.2) is 54.9 Å². The molecule has 132 valence electrons. The summed E-state index contributed by atoms with van der Waals surface area (Å²) in [6.07, 6.45) is 3.32. The third-order valence-corrected chi connectivity index (χ3v) is 3.61. The Kier molecular flexibility index (Phi) is 5.38. The molecule has 3 rings (SSSR count). The van der Waals surface area contributed by atoms with E-state index in [2.05, 4.69) is 25.6 Å². The molecule has 0 saturated heterocycles. The number of hydrogen-bond acceptors (Lipinski definition) is 6. The molecule has 0 aliphatic carbocycles. The third kappa shape index (κ3) is 3.94. The first-order valence-corrected chi connectivity index (χ1v) is 8.19. The van der Waals surface area contributed by atoms with Gasteiger partial charge in [0.2, 0.25) is 11.8 Å². The van der Waals surface area contributed by atoms with Gasteiger partial charge in [0, 0.05) is 30.2 Å². The summed E-state index contributed by atoms with van der Waals surface area (Å²) >= 11 is 0. The van der Waals surface area contributed by atoms with Gasteiger partial charge in [-0.1, -0.05) is 6.07 Å². The van der Waals surface area contributed by atoms with Gasteiger partial charge < -0.3 is 15.4 Å². The topological polar surface area (TPSA) is 89.0 Å². The summed E-state index contributed by atoms with van der Waals surface area (Å²) in [5.74, 6) is 0.794. The highest BCUT2D eigenvalue weighted by Crippen LogP contribution is 2.26. The predicted molar refractivity (Wildman–Crippen MR) is 99.5 cm³/mol. The number of anilines is 2. The third-order valence-electron chi connectivity index (χ3n) is 3.61. The largest absolute Gasteiger partial charge is 0.481 e. The molecule has 0 fully saturated rings. The molecule has 2 N–H and O–H groups in total. The second-order valence-corrected chi connectivity index (χ2v) is 5.39. The number of nitrogens with one attached hydrogen (secondary N) is 2. The Morgan fingerprint density at radius 3 is 2.81 bits per heavy atom. The number of pyridine rings is 1. The molecule has 26 heavy (non-hydrogen) atoms. The number of carbonyl (C=O) groups is 1. The van der Waals surface area contributed by atoms with Crippen LogP contribution in [0.2, 0.25) is 0 Å². The summed E-state index contributed by atoms with van der Waals surface area (Å²) in [5.41, 5.74) is 2.76. The Hall–Kier alpha value is -3.48. The highest BCUT2D eigenvalue weighted by Gasteiger charge is 2.10. The molecule has 7 nitrogen and oxygen atoms in total. The Morgan fingerprint density at radius 2 is 2.00 bits per heavy atom. The normalized spacial score (nSPS) is 10.2. The van der Waals surface area contributed by atoms with E-state index in [1.54, 1.807) is 43.8 Å². The minimum absolute atomic E-state index is 0.120. The number of rotatable bonds is 6. The molecule has 0 aliphatic heterocycles. The van der Waals surface area contributed by atoms with Gasteiger partial charge in [0.25, 0.3) is 5.91 Å². The summed E-state index contributed by atoms with van der Waals surface area (Å²) in [5, 5.41) is 5.90. The first-order valence-electron chi connectivity index (χ1n) is 8.19. The van der Waals surface area contributed by atoms with Crippen molar-refractivity contribution in [3.8, 4) is 17.1 Å². The fourth-order valence-corrected chi connectivity index (χ4v) is 2.45. The molecule has 0 spiro atoms. The van der Waals surface area contributed by atoms with Crippen LogP contribution >= 0.6 is 0 Å². The van der Waals surface area contributed by atoms with Gasteiger partial charge in [-0.2, -0.15) is 0 Å². The van der Waals surface area contributed by atoms with Crippen LogP contribution in [-0.2, 0) is 0 Å². The average Bonchev–Trinajstić information content (AvgIpc) is 2.68. The highest BCUT2D eigenvalue weighted by atomic mass is 16.5. The summed E-state index contributed by atoms with van der Waals surface area (Å²) in [4.78, 5) is 24.9. The fourth-order valence-electron chi connectivity index (χ4n) is 2.45. The Labute approximate surface area is 151 Å². The zero-order valence-corrected chi connectivity index (χ0v) is 14.6. The molecule has 1 aromatic carbocycles. The summed E-state index contributed by atoms with van der Waals surface area (Å²) in [7, 11) is 1.57. The molecule has 0 radical (unpaired) electrons. The summed E-state index contributed by atoms with van der Waals surface area (Å²) in [6, 6.07) is 12.7. The van der Waals surface area contributed by atoms with Gasteiger partial charge in [0.05, 0.1) is 18.4 Å². The van der Waals surface area contributed by atoms with Crippen molar-refractivity contribution in [1.82, 2.24) is 20.3 Å². The van der Waals surface area contributed by atoms with E-state index in [0.717, 1.165) is 11.3 Å². The first kappa shape index (κ1) is 17.3. The van der Waals surface area contributed by atoms with Crippen LogP contribution in [-0.4, -0.2) is 34.5 Å². The quantitative estimate of drug-likeness (QED) is 0.711. The predicted octanol–water partition coefficient (Wildman–Crippen LogP) is 3.04. The zero-order valence-electron chi connectivity index (χ0n) is 14.6. The minimum atomic E-state index is -0.120. The molecule has 1 amide bonds. The standard InChI is InChI=1S/C19H19N5O2/c1-3-20-17(25)13-6-4-7-14(12-13)23-19-22-11-9-16(24-19)15-8-5-10-21-18(15)26-2/h4-12H,3H2,1-2H3,(H,20,25)(H,22,23,24). The maximum Gasteiger partial charge on any atom is 0.251 e. The number of ether oxygens (including phenoxy) is 1. The van der Waals surface area contributed by atoms with E-state index < -0.39 is 0 Å². The van der Waals surface area contributed by atoms with E-state index in [0.29, 0.717) is 29.6 Å². The maximum absolute atomic E-state index is 12.0. The lowest BCUT2D eigenvalue weighted by Crippen LogP contribution is -2.22. The van der Waals surface area contributed by atoms with Gasteiger partial charge in [-0.15, -0.1) is 0 Å². The van der Waals surface area contributed by atoms with Crippen LogP contribution < -0.4 is 15.4 Å². The van der Waals surface area contributed by atoms with E-state index in [1.807, 2.05) is 25.1 Å². The number of aromatic nitrogens is 3. The molecular weight excluding hydrogens is 330 g/mol. The number of nitrogens with zero attached hydrogens (tertiary/aromatic N) is 3. The first-order chi connectivity index (χ1) is 12.7. The number of carbonyl (C=O) groups excluding carboxylic acids is 1. The van der Waals surface area contributed by atoms with Crippen molar-refractivity contribution < 1.29 is 9.53 Å². The number of amides is 1. The van der Waals surface area contributed by atoms with Gasteiger partial charge in [0.1, 0.15) is 0 Å². The molecule has 0 atom stereocenters. The van der Waals surface area contributed by atoms with Crippen LogP contribution in [0, 0.1) is 0 Å². The van der Waals surface area contributed by atoms with E-state index in [1.165, 1.54) is 0 Å². The van der Waals surface area contributed by atoms with Crippen LogP contribution in [0.3, 0.4) is 0 Å². The van der Waals surface area contributed by atoms with Gasteiger partial charge in [-0.25, -0.2) is 15.0 Å². The zero-order chi connectivity index (χ0) is 18.4. The van der Waals surface area contributed by atoms with Crippen molar-refractivity contribution in [1.29, 1.82) is 0 Å². The monoisotopic (exact) mass is 349 g/mol. The lowest BCUT2D eigenvalue weighted by molar-refractivity contribution is 0.0956. The van der Waals surface area contributed by atoms with E-state index >= 15 is 0 Å². The van der Waals surface area contributed by atoms with Crippen molar-refractivity contribution in [3.63, 3.8) is 0 Å². The van der Waals surface area contributed by atoms with Crippen LogP contribution in [0.5, 0.6) is 5.88 Å². The minimum Gasteiger partial charge on any atom is -0.481 e. The van der Waals surface area contributed by atoms with Gasteiger partial charge in [-0.3, -0.25) is 4.79 Å². The van der Waals surface area contributed by atoms with E-state index in [4.69, 9.17) is 4.74 Å². The smallest absolute Gasteiger partial charge is 0.251 e. The molecule has 7 heteroatoms. The van der Waals surface area contributed by atoms with E-state index in [9.17, 15) is 4.79 Å². The molecule has 0 unspecified atom stereocenters. The Morgan fingerprint density at radius 1 is 1.12 bits per heavy atom. The number of benzene rings is 1. The molecule has 0 bridgehead atoms. The summed E-state index contributed by atoms with van der Waals surface area (Å²) < 4.78 is 5.29. The fraction of sp³-hybridized carbons (Fsp3) is 0.158. The SMILES string of the molecule is CCNC(=O)c1cccc(Nc2nccc(-c3cccnc3OC)n2)c1. The van der Waals surface area contributed by atoms with Crippen molar-refractivity contribution in [2.45, 2.75) is 6.92 Å². The average molecular weight is 349 g/mol. The Balaban J connectivity index is 1.86. The number of hydrogen-bond donors (Lipinski definition) is 2. The molecule has 2 heterocycles. The maximum atomic E-state index is 12.0. The second kappa shape index (κ2) is 8.06. The molecule has 3 aromatic rings. The Bertz CT molecular complexity index is 914. The van der Waals surface area contributed by atoms with Gasteiger partial charge >= 0.3 is 0 Å². The molecule has 2 aromatic heterocycles. The molecule has 0 aliphatic rings. The van der Waals surface area contributed by atoms with Crippen LogP contribution in [0.25, 0.3) is 11.3 Å². The van der Waals surface area contributed by atoms with Crippen LogP contribution in [0.4, 0.5) is 11.6 Å². The van der Waals surface area contributed by atoms with Gasteiger partial charge in [0.15, 0.2) is 0 Å². The molecule has 0 saturated carbocycles. The second-order valence-electron chi connectivity index (χ2n) is 5.39. The van der Waals surface area contributed by atoms with Gasteiger partial charge in [-0.05, 0) is 43.3 Å². The van der Waals surface area contributed by atoms with Crippen molar-refractivity contribution in [3.05, 3.63) is 60.4 Å². The molecular formula is C19H19N5O2. The lowest BCUT2D eigenvalue weighted by atomic mass is 10.2. The van der Waals surface area contributed by atoms with Crippen LogP contribution in [0.1, 0.15) is 17.3 Å². The van der Waals surface area contributed by atoms with Crippen molar-refractivity contribution >= 4 is 17.5 Å². The summed E-state index contributed by atoms with van der Waals surface area (Å²) in [6.45, 7) is 2.46. The van der Waals surface area contributed by atoms with E-state index in [-0.39, 0.29) is 5.91 Å². The van der Waals surface area contributed by atoms with Crippen molar-refractivity contribution in [2.24, 2.45) is 0 Å². The van der Waals surface area contributed by atoms with Crippen molar-refractivity contribution in [2.75, 3.05) is 19.0 Å². The lowest BCUT2D eigenvalue weighted by Gasteiger charge is -2.09.